The molecule has 92 valence electrons. The first-order valence-electron chi connectivity index (χ1n) is 5.22. The van der Waals surface area contributed by atoms with E-state index in [4.69, 9.17) is 0 Å². The summed E-state index contributed by atoms with van der Waals surface area (Å²) in [6.45, 7) is 2.28. The van der Waals surface area contributed by atoms with E-state index < -0.39 is 0 Å². The van der Waals surface area contributed by atoms with E-state index in [1.807, 2.05) is 23.5 Å². The summed E-state index contributed by atoms with van der Waals surface area (Å²) in [6.07, 6.45) is 1.22. The van der Waals surface area contributed by atoms with E-state index in [1.165, 1.54) is 17.9 Å². The summed E-state index contributed by atoms with van der Waals surface area (Å²) < 4.78 is 0. The molecule has 0 aromatic rings. The molecule has 0 nitrogen and oxygen atoms in total. The van der Waals surface area contributed by atoms with Crippen molar-refractivity contribution in [3.05, 3.63) is 0 Å². The van der Waals surface area contributed by atoms with Gasteiger partial charge in [-0.05, 0) is 29.1 Å². The topological polar surface area (TPSA) is 0 Å². The summed E-state index contributed by atoms with van der Waals surface area (Å²) in [5.74, 6) is 7.66. The van der Waals surface area contributed by atoms with E-state index in [9.17, 15) is 0 Å². The molecule has 0 fully saturated rings. The molecular weight excluding hydrogens is 280 g/mol. The third-order valence-electron chi connectivity index (χ3n) is 2.37. The van der Waals surface area contributed by atoms with E-state index >= 15 is 0 Å². The second-order valence-corrected chi connectivity index (χ2v) is 6.99. The largest absolute Gasteiger partial charge is 0.179 e. The van der Waals surface area contributed by atoms with Crippen LogP contribution in [0.5, 0.6) is 0 Å². The Kier molecular flexibility index (Phi) is 12.1. The fourth-order valence-electron chi connectivity index (χ4n) is 1.16. The molecule has 0 amide bonds. The van der Waals surface area contributed by atoms with Crippen molar-refractivity contribution >= 4 is 61.4 Å². The summed E-state index contributed by atoms with van der Waals surface area (Å²) in [7, 11) is 0. The van der Waals surface area contributed by atoms with Crippen LogP contribution in [-0.2, 0) is 0 Å². The molecule has 0 spiro atoms. The van der Waals surface area contributed by atoms with Crippen molar-refractivity contribution in [3.8, 4) is 0 Å². The lowest BCUT2D eigenvalue weighted by atomic mass is 9.92. The maximum Gasteiger partial charge on any atom is 0.00212 e. The Balaban J connectivity index is 3.93. The van der Waals surface area contributed by atoms with Gasteiger partial charge in [-0.2, -0.15) is 61.4 Å². The smallest absolute Gasteiger partial charge is 0.00212 e. The summed E-state index contributed by atoms with van der Waals surface area (Å²) in [5.41, 5.74) is 0.407. The molecule has 0 radical (unpaired) electrons. The first kappa shape index (κ1) is 16.8. The average Bonchev–Trinajstić information content (AvgIpc) is 2.28. The van der Waals surface area contributed by atoms with Gasteiger partial charge in [0, 0.05) is 23.0 Å². The Morgan fingerprint density at radius 2 is 1.40 bits per heavy atom. The highest BCUT2D eigenvalue weighted by Crippen LogP contribution is 2.32. The van der Waals surface area contributed by atoms with Crippen LogP contribution in [0.2, 0.25) is 0 Å². The molecule has 0 aliphatic carbocycles. The number of rotatable bonds is 10. The molecule has 0 rings (SSSR count). The molecule has 0 bridgehead atoms. The minimum atomic E-state index is 0.407. The number of hydrogen-bond acceptors (Lipinski definition) is 5. The van der Waals surface area contributed by atoms with Crippen LogP contribution in [0.1, 0.15) is 13.3 Å². The zero-order valence-corrected chi connectivity index (χ0v) is 13.6. The van der Waals surface area contributed by atoms with E-state index in [-0.39, 0.29) is 0 Å². The highest BCUT2D eigenvalue weighted by atomic mass is 32.2. The van der Waals surface area contributed by atoms with Gasteiger partial charge < -0.3 is 0 Å². The van der Waals surface area contributed by atoms with E-state index in [2.05, 4.69) is 44.8 Å². The molecule has 0 saturated carbocycles. The number of thioether (sulfide) groups is 2. The van der Waals surface area contributed by atoms with Crippen LogP contribution in [0, 0.1) is 5.41 Å². The zero-order valence-electron chi connectivity index (χ0n) is 9.31. The van der Waals surface area contributed by atoms with Gasteiger partial charge >= 0.3 is 0 Å². The summed E-state index contributed by atoms with van der Waals surface area (Å²) in [5, 5.41) is 0. The molecule has 0 heterocycles. The van der Waals surface area contributed by atoms with Crippen LogP contribution < -0.4 is 0 Å². The van der Waals surface area contributed by atoms with Crippen molar-refractivity contribution in [1.82, 2.24) is 0 Å². The van der Waals surface area contributed by atoms with Gasteiger partial charge in [0.1, 0.15) is 0 Å². The minimum Gasteiger partial charge on any atom is -0.179 e. The average molecular weight is 303 g/mol. The van der Waals surface area contributed by atoms with E-state index in [0.717, 1.165) is 28.8 Å². The third kappa shape index (κ3) is 7.63. The normalized spacial score (nSPS) is 12.0. The van der Waals surface area contributed by atoms with Gasteiger partial charge in [0.25, 0.3) is 0 Å². The summed E-state index contributed by atoms with van der Waals surface area (Å²) in [4.78, 5) is 0. The van der Waals surface area contributed by atoms with Crippen molar-refractivity contribution in [2.45, 2.75) is 13.3 Å². The fourth-order valence-corrected chi connectivity index (χ4v) is 5.04. The van der Waals surface area contributed by atoms with Crippen molar-refractivity contribution in [2.75, 3.05) is 40.3 Å². The lowest BCUT2D eigenvalue weighted by molar-refractivity contribution is 0.429. The molecule has 0 aliphatic rings. The number of hydrogen-bond donors (Lipinski definition) is 3. The predicted octanol–water partition coefficient (Wildman–Crippen LogP) is 3.64. The second kappa shape index (κ2) is 10.9. The van der Waals surface area contributed by atoms with Gasteiger partial charge in [0.05, 0.1) is 0 Å². The van der Waals surface area contributed by atoms with Crippen LogP contribution in [0.25, 0.3) is 0 Å². The summed E-state index contributed by atoms with van der Waals surface area (Å²) >= 11 is 17.0. The van der Waals surface area contributed by atoms with Gasteiger partial charge in [0.2, 0.25) is 0 Å². The van der Waals surface area contributed by atoms with Crippen LogP contribution in [0.3, 0.4) is 0 Å². The Morgan fingerprint density at radius 1 is 0.933 bits per heavy atom. The fraction of sp³-hybridized carbons (Fsp3) is 1.00. The SMILES string of the molecule is CCC(CS)(CSCCS)CSCCS. The van der Waals surface area contributed by atoms with Crippen molar-refractivity contribution in [1.29, 1.82) is 0 Å². The van der Waals surface area contributed by atoms with Crippen LogP contribution >= 0.6 is 61.4 Å². The highest BCUT2D eigenvalue weighted by Gasteiger charge is 2.26. The highest BCUT2D eigenvalue weighted by molar-refractivity contribution is 8.01. The second-order valence-electron chi connectivity index (χ2n) is 3.56. The van der Waals surface area contributed by atoms with Gasteiger partial charge in [-0.3, -0.25) is 0 Å². The lowest BCUT2D eigenvalue weighted by Gasteiger charge is -2.30. The lowest BCUT2D eigenvalue weighted by Crippen LogP contribution is -2.29. The molecule has 0 aliphatic heterocycles. The summed E-state index contributed by atoms with van der Waals surface area (Å²) in [6, 6.07) is 0. The molecule has 0 atom stereocenters. The Labute approximate surface area is 120 Å². The van der Waals surface area contributed by atoms with Crippen LogP contribution in [-0.4, -0.2) is 40.3 Å². The predicted molar refractivity (Wildman–Crippen MR) is 88.9 cm³/mol. The molecule has 0 aromatic carbocycles. The Bertz CT molecular complexity index is 124. The van der Waals surface area contributed by atoms with E-state index in [1.54, 1.807) is 0 Å². The Hall–Kier alpha value is 1.75. The molecule has 15 heavy (non-hydrogen) atoms. The maximum absolute atomic E-state index is 4.52. The molecule has 0 saturated heterocycles. The van der Waals surface area contributed by atoms with Crippen molar-refractivity contribution < 1.29 is 0 Å². The van der Waals surface area contributed by atoms with E-state index in [0.29, 0.717) is 5.41 Å². The van der Waals surface area contributed by atoms with Crippen LogP contribution in [0.4, 0.5) is 0 Å². The Morgan fingerprint density at radius 3 is 1.67 bits per heavy atom. The van der Waals surface area contributed by atoms with Gasteiger partial charge in [-0.1, -0.05) is 6.92 Å². The molecule has 5 heteroatoms. The minimum absolute atomic E-state index is 0.407. The zero-order chi connectivity index (χ0) is 11.6. The first-order chi connectivity index (χ1) is 7.24. The quantitative estimate of drug-likeness (QED) is 0.416. The van der Waals surface area contributed by atoms with Crippen molar-refractivity contribution in [3.63, 3.8) is 0 Å². The molecule has 0 N–H and O–H groups in total. The van der Waals surface area contributed by atoms with Crippen molar-refractivity contribution in [2.24, 2.45) is 5.41 Å². The maximum atomic E-state index is 4.52. The van der Waals surface area contributed by atoms with Crippen LogP contribution in [0.15, 0.2) is 0 Å². The molecular formula is C10H22S5. The van der Waals surface area contributed by atoms with Gasteiger partial charge in [-0.25, -0.2) is 0 Å². The molecule has 0 unspecified atom stereocenters. The van der Waals surface area contributed by atoms with Gasteiger partial charge in [-0.15, -0.1) is 0 Å². The third-order valence-corrected chi connectivity index (χ3v) is 6.71. The molecule has 0 aromatic heterocycles. The first-order valence-corrected chi connectivity index (χ1v) is 9.43. The number of thiol groups is 3. The standard InChI is InChI=1S/C10H22S5/c1-2-10(7-13,8-14-5-3-11)9-15-6-4-12/h11-13H,2-9H2,1H3. The van der Waals surface area contributed by atoms with Gasteiger partial charge in [0.15, 0.2) is 0 Å². The monoisotopic (exact) mass is 302 g/mol.